The van der Waals surface area contributed by atoms with E-state index in [0.717, 1.165) is 12.3 Å². The van der Waals surface area contributed by atoms with Crippen molar-refractivity contribution in [2.24, 2.45) is 7.05 Å². The Labute approximate surface area is 183 Å². The minimum absolute atomic E-state index is 0.0376. The molecule has 2 aromatic heterocycles. The molecule has 0 saturated heterocycles. The number of rotatable bonds is 4. The average Bonchev–Trinajstić information content (AvgIpc) is 2.98. The van der Waals surface area contributed by atoms with Gasteiger partial charge in [-0.1, -0.05) is 6.92 Å². The van der Waals surface area contributed by atoms with Gasteiger partial charge in [0.1, 0.15) is 11.5 Å². The van der Waals surface area contributed by atoms with Crippen LogP contribution in [0.5, 0.6) is 0 Å². The van der Waals surface area contributed by atoms with E-state index in [2.05, 4.69) is 15.3 Å². The summed E-state index contributed by atoms with van der Waals surface area (Å²) in [4.78, 5) is 19.1. The number of pyridine rings is 1. The first-order chi connectivity index (χ1) is 13.8. The van der Waals surface area contributed by atoms with Crippen molar-refractivity contribution in [2.75, 3.05) is 11.1 Å². The summed E-state index contributed by atoms with van der Waals surface area (Å²) in [6, 6.07) is 3.70. The van der Waals surface area contributed by atoms with Crippen molar-refractivity contribution < 1.29 is 26.4 Å². The summed E-state index contributed by atoms with van der Waals surface area (Å²) in [5, 5.41) is 2.58. The van der Waals surface area contributed by atoms with Gasteiger partial charge in [-0.3, -0.25) is 4.79 Å². The maximum absolute atomic E-state index is 13.0. The normalized spacial score (nSPS) is 12.4. The fourth-order valence-electron chi connectivity index (χ4n) is 2.91. The van der Waals surface area contributed by atoms with E-state index in [1.54, 1.807) is 7.05 Å². The number of nitrogens with zero attached hydrogens (tertiary/aromatic N) is 3. The zero-order valence-corrected chi connectivity index (χ0v) is 19.0. The zero-order chi connectivity index (χ0) is 22.4. The van der Waals surface area contributed by atoms with Crippen LogP contribution in [0, 0.1) is 3.57 Å². The molecule has 0 aliphatic carbocycles. The lowest BCUT2D eigenvalue weighted by molar-refractivity contribution is -0.141. The molecule has 1 amide bonds. The largest absolute Gasteiger partial charge is 0.433 e. The minimum Gasteiger partial charge on any atom is -0.326 e. The van der Waals surface area contributed by atoms with Gasteiger partial charge in [0.25, 0.3) is 0 Å². The van der Waals surface area contributed by atoms with Crippen molar-refractivity contribution in [1.82, 2.24) is 14.5 Å². The Bertz CT molecular complexity index is 1270. The maximum Gasteiger partial charge on any atom is 0.433 e. The topological polar surface area (TPSA) is 93.9 Å². The van der Waals surface area contributed by atoms with Crippen molar-refractivity contribution in [3.63, 3.8) is 0 Å². The molecule has 1 N–H and O–H groups in total. The first kappa shape index (κ1) is 22.5. The Morgan fingerprint density at radius 2 is 1.93 bits per heavy atom. The summed E-state index contributed by atoms with van der Waals surface area (Å²) >= 11 is 1.94. The standard InChI is InChI=1S/C18H16F3IN4O3S/c1-4-30(28,29)15-6-12(24-9(2)27)11(22)5-10(15)17-25-13-7-16(18(19,20)21)23-8-14(13)26(17)3/h5-8H,4H2,1-3H3,(H,24,27). The van der Waals surface area contributed by atoms with Crippen LogP contribution in [0.2, 0.25) is 0 Å². The number of imidazole rings is 1. The SMILES string of the molecule is CCS(=O)(=O)c1cc(NC(C)=O)c(I)cc1-c1nc2cc(C(F)(F)F)ncc2n1C. The number of halogens is 4. The van der Waals surface area contributed by atoms with Gasteiger partial charge >= 0.3 is 6.18 Å². The van der Waals surface area contributed by atoms with Gasteiger partial charge in [-0.25, -0.2) is 18.4 Å². The third-order valence-electron chi connectivity index (χ3n) is 4.39. The van der Waals surface area contributed by atoms with Gasteiger partial charge in [-0.2, -0.15) is 13.2 Å². The number of nitrogens with one attached hydrogen (secondary N) is 1. The quantitative estimate of drug-likeness (QED) is 0.494. The zero-order valence-electron chi connectivity index (χ0n) is 16.0. The van der Waals surface area contributed by atoms with E-state index < -0.39 is 21.7 Å². The van der Waals surface area contributed by atoms with Crippen LogP contribution in [0.1, 0.15) is 19.5 Å². The molecule has 0 atom stereocenters. The first-order valence-electron chi connectivity index (χ1n) is 8.59. The predicted molar refractivity (Wildman–Crippen MR) is 114 cm³/mol. The number of benzene rings is 1. The number of amides is 1. The van der Waals surface area contributed by atoms with Crippen molar-refractivity contribution in [3.05, 3.63) is 33.7 Å². The molecule has 12 heteroatoms. The number of hydrogen-bond donors (Lipinski definition) is 1. The molecule has 0 spiro atoms. The third kappa shape index (κ3) is 4.15. The molecule has 0 unspecified atom stereocenters. The Morgan fingerprint density at radius 1 is 1.27 bits per heavy atom. The van der Waals surface area contributed by atoms with Crippen LogP contribution in [0.4, 0.5) is 18.9 Å². The molecule has 30 heavy (non-hydrogen) atoms. The van der Waals surface area contributed by atoms with E-state index in [1.165, 1.54) is 30.5 Å². The van der Waals surface area contributed by atoms with Crippen molar-refractivity contribution in [1.29, 1.82) is 0 Å². The molecule has 0 saturated carbocycles. The Balaban J connectivity index is 2.31. The van der Waals surface area contributed by atoms with Gasteiger partial charge in [0.15, 0.2) is 9.84 Å². The molecule has 0 radical (unpaired) electrons. The highest BCUT2D eigenvalue weighted by Gasteiger charge is 2.33. The highest BCUT2D eigenvalue weighted by atomic mass is 127. The van der Waals surface area contributed by atoms with Crippen molar-refractivity contribution in [2.45, 2.75) is 24.9 Å². The summed E-state index contributed by atoms with van der Waals surface area (Å²) < 4.78 is 66.5. The molecule has 0 aliphatic rings. The lowest BCUT2D eigenvalue weighted by Crippen LogP contribution is -2.12. The van der Waals surface area contributed by atoms with E-state index >= 15 is 0 Å². The second kappa shape index (κ2) is 7.80. The van der Waals surface area contributed by atoms with Crippen LogP contribution in [0.3, 0.4) is 0 Å². The molecule has 3 aromatic rings. The number of aromatic nitrogens is 3. The average molecular weight is 552 g/mol. The highest BCUT2D eigenvalue weighted by Crippen LogP contribution is 2.36. The van der Waals surface area contributed by atoms with Crippen LogP contribution in [-0.4, -0.2) is 34.6 Å². The monoisotopic (exact) mass is 552 g/mol. The lowest BCUT2D eigenvalue weighted by atomic mass is 10.2. The van der Waals surface area contributed by atoms with Gasteiger partial charge < -0.3 is 9.88 Å². The Hall–Kier alpha value is -2.22. The van der Waals surface area contributed by atoms with E-state index in [9.17, 15) is 26.4 Å². The minimum atomic E-state index is -4.63. The van der Waals surface area contributed by atoms with Gasteiger partial charge in [0.2, 0.25) is 5.91 Å². The first-order valence-corrected chi connectivity index (χ1v) is 11.3. The smallest absolute Gasteiger partial charge is 0.326 e. The predicted octanol–water partition coefficient (Wildman–Crippen LogP) is 4.01. The van der Waals surface area contributed by atoms with Crippen LogP contribution >= 0.6 is 22.6 Å². The number of carbonyl (C=O) groups excluding carboxylic acids is 1. The fourth-order valence-corrected chi connectivity index (χ4v) is 4.61. The third-order valence-corrected chi connectivity index (χ3v) is 7.05. The maximum atomic E-state index is 13.0. The Kier molecular flexibility index (Phi) is 5.84. The number of hydrogen-bond acceptors (Lipinski definition) is 5. The number of carbonyl (C=O) groups is 1. The second-order valence-electron chi connectivity index (χ2n) is 6.46. The van der Waals surface area contributed by atoms with E-state index in [4.69, 9.17) is 0 Å². The van der Waals surface area contributed by atoms with Gasteiger partial charge in [0.05, 0.1) is 33.6 Å². The molecule has 0 aliphatic heterocycles. The van der Waals surface area contributed by atoms with Crippen LogP contribution < -0.4 is 5.32 Å². The fraction of sp³-hybridized carbons (Fsp3) is 0.278. The number of anilines is 1. The number of aryl methyl sites for hydroxylation is 1. The van der Waals surface area contributed by atoms with Gasteiger partial charge in [-0.05, 0) is 40.8 Å². The molecule has 0 bridgehead atoms. The van der Waals surface area contributed by atoms with E-state index in [-0.39, 0.29) is 33.5 Å². The molecule has 7 nitrogen and oxygen atoms in total. The van der Waals surface area contributed by atoms with E-state index in [1.807, 2.05) is 22.6 Å². The van der Waals surface area contributed by atoms with Crippen LogP contribution in [0.25, 0.3) is 22.4 Å². The molecular formula is C18H16F3IN4O3S. The summed E-state index contributed by atoms with van der Waals surface area (Å²) in [6.07, 6.45) is -3.57. The molecule has 1 aromatic carbocycles. The lowest BCUT2D eigenvalue weighted by Gasteiger charge is -2.14. The van der Waals surface area contributed by atoms with Crippen molar-refractivity contribution >= 4 is 55.1 Å². The van der Waals surface area contributed by atoms with Crippen molar-refractivity contribution in [3.8, 4) is 11.4 Å². The molecule has 2 heterocycles. The van der Waals surface area contributed by atoms with Gasteiger partial charge in [-0.15, -0.1) is 0 Å². The highest BCUT2D eigenvalue weighted by molar-refractivity contribution is 14.1. The number of fused-ring (bicyclic) bond motifs is 1. The Morgan fingerprint density at radius 3 is 2.50 bits per heavy atom. The summed E-state index contributed by atoms with van der Waals surface area (Å²) in [5.74, 6) is -0.400. The summed E-state index contributed by atoms with van der Waals surface area (Å²) in [6.45, 7) is 2.78. The van der Waals surface area contributed by atoms with Gasteiger partial charge in [0, 0.05) is 23.1 Å². The number of alkyl halides is 3. The van der Waals surface area contributed by atoms with Crippen LogP contribution in [0.15, 0.2) is 29.3 Å². The number of sulfone groups is 1. The summed E-state index contributed by atoms with van der Waals surface area (Å²) in [7, 11) is -2.18. The molecule has 3 rings (SSSR count). The molecule has 0 fully saturated rings. The summed E-state index contributed by atoms with van der Waals surface area (Å²) in [5.41, 5.74) is -0.188. The van der Waals surface area contributed by atoms with E-state index in [0.29, 0.717) is 14.8 Å². The molecular weight excluding hydrogens is 536 g/mol. The second-order valence-corrected chi connectivity index (χ2v) is 9.87. The van der Waals surface area contributed by atoms with Crippen LogP contribution in [-0.2, 0) is 27.9 Å². The molecule has 160 valence electrons.